The number of aryl methyl sites for hydroxylation is 4. The third-order valence-corrected chi connectivity index (χ3v) is 14.0. The molecule has 0 saturated carbocycles. The van der Waals surface area contributed by atoms with Crippen LogP contribution in [0.5, 0.6) is 0 Å². The Hall–Kier alpha value is -8.46. The molecule has 2 nitrogen and oxygen atoms in total. The van der Waals surface area contributed by atoms with Gasteiger partial charge in [-0.05, 0) is 142 Å². The molecule has 0 N–H and O–H groups in total. The molecule has 0 radical (unpaired) electrons. The van der Waals surface area contributed by atoms with Crippen LogP contribution in [0.1, 0.15) is 36.1 Å². The lowest BCUT2D eigenvalue weighted by Crippen LogP contribution is -2.18. The molecule has 0 saturated heterocycles. The third-order valence-electron chi connectivity index (χ3n) is 14.0. The molecule has 11 aromatic rings. The summed E-state index contributed by atoms with van der Waals surface area (Å²) in [7, 11) is 0. The average molecular weight is 901 g/mol. The van der Waals surface area contributed by atoms with Gasteiger partial charge in [0.2, 0.25) is 0 Å². The zero-order chi connectivity index (χ0) is 47.6. The summed E-state index contributed by atoms with van der Waals surface area (Å²) in [6.45, 7) is 8.70. The molecule has 0 amide bonds. The lowest BCUT2D eigenvalue weighted by atomic mass is 9.94. The molecular formula is C68H56N2. The van der Waals surface area contributed by atoms with Crippen molar-refractivity contribution in [2.24, 2.45) is 0 Å². The Morgan fingerprint density at radius 1 is 0.243 bits per heavy atom. The second kappa shape index (κ2) is 19.3. The van der Waals surface area contributed by atoms with E-state index < -0.39 is 0 Å². The zero-order valence-corrected chi connectivity index (χ0v) is 40.4. The van der Waals surface area contributed by atoms with E-state index in [4.69, 9.17) is 0 Å². The summed E-state index contributed by atoms with van der Waals surface area (Å²) in [5.41, 5.74) is 21.2. The summed E-state index contributed by atoms with van der Waals surface area (Å²) < 4.78 is 0. The topological polar surface area (TPSA) is 6.48 Å². The fraction of sp³-hybridized carbons (Fsp3) is 0.0882. The quantitative estimate of drug-likeness (QED) is 0.0890. The molecule has 338 valence electrons. The van der Waals surface area contributed by atoms with Crippen LogP contribution in [0.3, 0.4) is 0 Å². The van der Waals surface area contributed by atoms with Gasteiger partial charge in [-0.15, -0.1) is 0 Å². The van der Waals surface area contributed by atoms with E-state index in [0.29, 0.717) is 0 Å². The summed E-state index contributed by atoms with van der Waals surface area (Å²) in [6.07, 6.45) is 2.04. The Balaban J connectivity index is 1.17. The highest BCUT2D eigenvalue weighted by atomic mass is 15.2. The minimum Gasteiger partial charge on any atom is -0.308 e. The van der Waals surface area contributed by atoms with Crippen LogP contribution >= 0.6 is 0 Å². The molecule has 0 fully saturated rings. The minimum atomic E-state index is 1.02. The van der Waals surface area contributed by atoms with Gasteiger partial charge in [-0.1, -0.05) is 219 Å². The van der Waals surface area contributed by atoms with Crippen molar-refractivity contribution in [2.75, 3.05) is 9.80 Å². The predicted molar refractivity (Wildman–Crippen MR) is 301 cm³/mol. The lowest BCUT2D eigenvalue weighted by molar-refractivity contribution is 1.14. The number of hydrogen-bond acceptors (Lipinski definition) is 2. The van der Waals surface area contributed by atoms with Gasteiger partial charge in [-0.2, -0.15) is 0 Å². The first-order valence-electron chi connectivity index (χ1n) is 24.7. The highest BCUT2D eigenvalue weighted by molar-refractivity contribution is 6.23. The van der Waals surface area contributed by atoms with Crippen molar-refractivity contribution in [1.29, 1.82) is 0 Å². The fourth-order valence-electron chi connectivity index (χ4n) is 9.94. The molecule has 0 atom stereocenters. The Morgan fingerprint density at radius 2 is 0.457 bits per heavy atom. The highest BCUT2D eigenvalue weighted by Crippen LogP contribution is 2.53. The summed E-state index contributed by atoms with van der Waals surface area (Å²) in [6, 6.07) is 90.0. The maximum Gasteiger partial charge on any atom is 0.0788 e. The maximum atomic E-state index is 2.49. The fourth-order valence-corrected chi connectivity index (χ4v) is 9.94. The van der Waals surface area contributed by atoms with Gasteiger partial charge in [0.05, 0.1) is 11.4 Å². The molecule has 0 heterocycles. The normalized spacial score (nSPS) is 11.3. The van der Waals surface area contributed by atoms with Crippen molar-refractivity contribution in [2.45, 2.75) is 40.5 Å². The Labute approximate surface area is 413 Å². The molecule has 0 aliphatic carbocycles. The van der Waals surface area contributed by atoms with Crippen LogP contribution in [0.2, 0.25) is 0 Å². The van der Waals surface area contributed by atoms with E-state index in [2.05, 4.69) is 280 Å². The monoisotopic (exact) mass is 900 g/mol. The van der Waals surface area contributed by atoms with Gasteiger partial charge in [0, 0.05) is 33.5 Å². The molecule has 0 unspecified atom stereocenters. The van der Waals surface area contributed by atoms with Gasteiger partial charge in [-0.25, -0.2) is 0 Å². The first kappa shape index (κ1) is 44.1. The van der Waals surface area contributed by atoms with Crippen LogP contribution < -0.4 is 9.80 Å². The van der Waals surface area contributed by atoms with Crippen LogP contribution in [0.15, 0.2) is 243 Å². The summed E-state index contributed by atoms with van der Waals surface area (Å²) >= 11 is 0. The Morgan fingerprint density at radius 3 is 0.700 bits per heavy atom. The first-order valence-corrected chi connectivity index (χ1v) is 24.7. The summed E-state index contributed by atoms with van der Waals surface area (Å²) in [4.78, 5) is 4.98. The van der Waals surface area contributed by atoms with Crippen LogP contribution in [0, 0.1) is 13.8 Å². The van der Waals surface area contributed by atoms with Crippen LogP contribution in [0.4, 0.5) is 34.1 Å². The number of fused-ring (bicyclic) bond motifs is 3. The van der Waals surface area contributed by atoms with Crippen molar-refractivity contribution in [3.63, 3.8) is 0 Å². The van der Waals surface area contributed by atoms with Gasteiger partial charge < -0.3 is 9.80 Å². The molecule has 2 heteroatoms. The zero-order valence-electron chi connectivity index (χ0n) is 40.4. The van der Waals surface area contributed by atoms with Gasteiger partial charge in [0.25, 0.3) is 0 Å². The molecule has 0 bridgehead atoms. The highest BCUT2D eigenvalue weighted by Gasteiger charge is 2.28. The molecule has 0 spiro atoms. The second-order valence-electron chi connectivity index (χ2n) is 18.5. The van der Waals surface area contributed by atoms with Crippen molar-refractivity contribution in [1.82, 2.24) is 0 Å². The van der Waals surface area contributed by atoms with Crippen LogP contribution in [-0.2, 0) is 12.8 Å². The number of anilines is 6. The Bertz CT molecular complexity index is 3370. The van der Waals surface area contributed by atoms with E-state index >= 15 is 0 Å². The predicted octanol–water partition coefficient (Wildman–Crippen LogP) is 19.3. The minimum absolute atomic E-state index is 1.02. The van der Waals surface area contributed by atoms with E-state index in [-0.39, 0.29) is 0 Å². The third kappa shape index (κ3) is 8.66. The number of benzene rings is 11. The van der Waals surface area contributed by atoms with E-state index in [1.54, 1.807) is 0 Å². The van der Waals surface area contributed by atoms with Gasteiger partial charge in [0.1, 0.15) is 0 Å². The van der Waals surface area contributed by atoms with E-state index in [9.17, 15) is 0 Å². The number of hydrogen-bond donors (Lipinski definition) is 0. The molecule has 11 aromatic carbocycles. The first-order chi connectivity index (χ1) is 34.4. The van der Waals surface area contributed by atoms with Crippen molar-refractivity contribution in [3.05, 3.63) is 265 Å². The Kier molecular flexibility index (Phi) is 12.1. The average Bonchev–Trinajstić information content (AvgIpc) is 3.43. The van der Waals surface area contributed by atoms with Gasteiger partial charge in [0.15, 0.2) is 0 Å². The smallest absolute Gasteiger partial charge is 0.0788 e. The van der Waals surface area contributed by atoms with Gasteiger partial charge >= 0.3 is 0 Å². The number of nitrogens with zero attached hydrogens (tertiary/aromatic N) is 2. The molecule has 11 rings (SSSR count). The molecule has 0 aliphatic rings. The van der Waals surface area contributed by atoms with Crippen LogP contribution in [-0.4, -0.2) is 0 Å². The SMILES string of the molecule is CCc1ccc(-c2ccc(N(c3ccc(-c4ccc(CC)cc4)cc3)c3c(N(c4ccc(-c5ccc(C)cc5)cc4)c4ccc(-c5ccc(C)cc5)cc4)c4ccccc4c4ccccc34)cc2)cc1. The summed E-state index contributed by atoms with van der Waals surface area (Å²) in [5, 5.41) is 4.72. The summed E-state index contributed by atoms with van der Waals surface area (Å²) in [5.74, 6) is 0. The second-order valence-corrected chi connectivity index (χ2v) is 18.5. The lowest BCUT2D eigenvalue weighted by Gasteiger charge is -2.35. The number of rotatable bonds is 12. The maximum absolute atomic E-state index is 2.49. The van der Waals surface area contributed by atoms with Crippen molar-refractivity contribution < 1.29 is 0 Å². The van der Waals surface area contributed by atoms with E-state index in [0.717, 1.165) is 57.7 Å². The molecular weight excluding hydrogens is 845 g/mol. The van der Waals surface area contributed by atoms with Gasteiger partial charge in [-0.3, -0.25) is 0 Å². The van der Waals surface area contributed by atoms with E-state index in [1.807, 2.05) is 0 Å². The molecule has 70 heavy (non-hydrogen) atoms. The molecule has 0 aromatic heterocycles. The van der Waals surface area contributed by atoms with Crippen LogP contribution in [0.25, 0.3) is 66.1 Å². The van der Waals surface area contributed by atoms with Crippen molar-refractivity contribution >= 4 is 55.7 Å². The van der Waals surface area contributed by atoms with Crippen molar-refractivity contribution in [3.8, 4) is 44.5 Å². The van der Waals surface area contributed by atoms with E-state index in [1.165, 1.54) is 77.5 Å². The standard InChI is InChI=1S/C68H56N2/c1-5-49-19-27-53(28-20-49)57-35-43-61(44-36-57)70(62-45-37-58(38-46-62)54-29-21-50(6-2)22-30-54)68-66-14-10-8-12-64(66)63-11-7-9-13-65(63)67(68)69(59-39-31-55(32-40-59)51-23-15-47(3)16-24-51)60-41-33-56(34-42-60)52-25-17-48(4)18-26-52/h7-46H,5-6H2,1-4H3. The largest absolute Gasteiger partial charge is 0.308 e. The molecule has 0 aliphatic heterocycles.